The van der Waals surface area contributed by atoms with Gasteiger partial charge in [-0.2, -0.15) is 5.10 Å². The van der Waals surface area contributed by atoms with Gasteiger partial charge in [0.25, 0.3) is 0 Å². The van der Waals surface area contributed by atoms with Crippen molar-refractivity contribution in [3.8, 4) is 45.5 Å². The molecule has 9 nitrogen and oxygen atoms in total. The molecule has 0 saturated carbocycles. The Kier molecular flexibility index (Phi) is 3.80. The molecule has 2 aliphatic heterocycles. The Bertz CT molecular complexity index is 1000. The molecule has 0 spiro atoms. The van der Waals surface area contributed by atoms with Crippen molar-refractivity contribution in [1.82, 2.24) is 15.7 Å². The van der Waals surface area contributed by atoms with Crippen LogP contribution in [0.1, 0.15) is 5.56 Å². The number of carbonyl (C=O) groups excluding carboxylic acids is 1. The van der Waals surface area contributed by atoms with Gasteiger partial charge in [-0.1, -0.05) is 0 Å². The van der Waals surface area contributed by atoms with E-state index in [9.17, 15) is 4.79 Å². The van der Waals surface area contributed by atoms with Gasteiger partial charge >= 0.3 is 0 Å². The van der Waals surface area contributed by atoms with Gasteiger partial charge < -0.3 is 18.9 Å². The molecular weight excluding hydrogens is 366 g/mol. The lowest BCUT2D eigenvalue weighted by Crippen LogP contribution is -2.21. The summed E-state index contributed by atoms with van der Waals surface area (Å²) in [6, 6.07) is 10.9. The second-order valence-electron chi connectivity index (χ2n) is 6.27. The summed E-state index contributed by atoms with van der Waals surface area (Å²) >= 11 is 0. The monoisotopic (exact) mass is 381 g/mol. The first-order valence-electron chi connectivity index (χ1n) is 8.53. The smallest absolute Gasteiger partial charge is 0.247 e. The minimum absolute atomic E-state index is 0.0689. The first-order valence-corrected chi connectivity index (χ1v) is 8.53. The van der Waals surface area contributed by atoms with E-state index in [2.05, 4.69) is 10.2 Å². The summed E-state index contributed by atoms with van der Waals surface area (Å²) in [6.45, 7) is 0.339. The molecule has 2 aromatic carbocycles. The number of rotatable bonds is 4. The fraction of sp³-hybridized carbons (Fsp3) is 0.158. The van der Waals surface area contributed by atoms with E-state index in [4.69, 9.17) is 24.2 Å². The van der Waals surface area contributed by atoms with Crippen molar-refractivity contribution in [2.75, 3.05) is 13.6 Å². The number of ether oxygens (including phenoxy) is 4. The Balaban J connectivity index is 1.61. The second kappa shape index (κ2) is 6.46. The number of hydrogen-bond acceptors (Lipinski definition) is 7. The lowest BCUT2D eigenvalue weighted by molar-refractivity contribution is -0.128. The first kappa shape index (κ1) is 16.5. The summed E-state index contributed by atoms with van der Waals surface area (Å²) in [4.78, 5) is 11.9. The average Bonchev–Trinajstić information content (AvgIpc) is 3.45. The third-order valence-electron chi connectivity index (χ3n) is 4.64. The maximum Gasteiger partial charge on any atom is 0.247 e. The maximum atomic E-state index is 11.9. The molecule has 3 aromatic rings. The topological polar surface area (TPSA) is 115 Å². The largest absolute Gasteiger partial charge is 0.454 e. The van der Waals surface area contributed by atoms with Crippen molar-refractivity contribution in [3.63, 3.8) is 0 Å². The molecule has 3 N–H and O–H groups in total. The highest BCUT2D eigenvalue weighted by Gasteiger charge is 2.23. The number of amides is 1. The van der Waals surface area contributed by atoms with Gasteiger partial charge in [-0.3, -0.25) is 15.1 Å². The van der Waals surface area contributed by atoms with Crippen LogP contribution >= 0.6 is 0 Å². The number of hydroxylamine groups is 1. The molecule has 0 fully saturated rings. The molecule has 0 radical (unpaired) electrons. The standard InChI is InChI=1S/C19H15N3O6/c23-17(22-24)7-12-18(10-1-3-13-15(5-10)27-8-25-13)20-21-19(12)11-2-4-14-16(6-11)28-9-26-14/h1-6,24H,7-9H2,(H,20,21)(H,22,23). The highest BCUT2D eigenvalue weighted by Crippen LogP contribution is 2.40. The zero-order chi connectivity index (χ0) is 19.1. The van der Waals surface area contributed by atoms with Gasteiger partial charge in [0.1, 0.15) is 0 Å². The molecule has 0 saturated heterocycles. The van der Waals surface area contributed by atoms with Crippen molar-refractivity contribution in [3.05, 3.63) is 42.0 Å². The molecule has 1 aromatic heterocycles. The van der Waals surface area contributed by atoms with Gasteiger partial charge in [0.05, 0.1) is 17.8 Å². The van der Waals surface area contributed by atoms with Gasteiger partial charge in [0.2, 0.25) is 19.5 Å². The number of nitrogens with zero attached hydrogens (tertiary/aromatic N) is 1. The summed E-state index contributed by atoms with van der Waals surface area (Å²) in [5.74, 6) is 2.00. The van der Waals surface area contributed by atoms with Gasteiger partial charge in [0, 0.05) is 16.7 Å². The van der Waals surface area contributed by atoms with E-state index < -0.39 is 5.91 Å². The number of aromatic amines is 1. The fourth-order valence-electron chi connectivity index (χ4n) is 3.31. The zero-order valence-electron chi connectivity index (χ0n) is 14.5. The second-order valence-corrected chi connectivity index (χ2v) is 6.27. The summed E-state index contributed by atoms with van der Waals surface area (Å²) < 4.78 is 21.6. The highest BCUT2D eigenvalue weighted by atomic mass is 16.7. The molecule has 0 aliphatic carbocycles. The predicted molar refractivity (Wildman–Crippen MR) is 95.3 cm³/mol. The van der Waals surface area contributed by atoms with Crippen molar-refractivity contribution in [1.29, 1.82) is 0 Å². The molecule has 0 bridgehead atoms. The number of hydrogen-bond donors (Lipinski definition) is 3. The number of nitrogens with one attached hydrogen (secondary N) is 2. The van der Waals surface area contributed by atoms with Crippen LogP contribution in [-0.2, 0) is 11.2 Å². The zero-order valence-corrected chi connectivity index (χ0v) is 14.5. The third-order valence-corrected chi connectivity index (χ3v) is 4.64. The van der Waals surface area contributed by atoms with Crippen LogP contribution < -0.4 is 24.4 Å². The van der Waals surface area contributed by atoms with Gasteiger partial charge in [-0.15, -0.1) is 0 Å². The van der Waals surface area contributed by atoms with Crippen LogP contribution in [0.5, 0.6) is 23.0 Å². The summed E-state index contributed by atoms with van der Waals surface area (Å²) in [5.41, 5.74) is 5.07. The molecule has 5 rings (SSSR count). The van der Waals surface area contributed by atoms with Crippen molar-refractivity contribution in [2.45, 2.75) is 6.42 Å². The Hall–Kier alpha value is -3.72. The molecule has 1 amide bonds. The summed E-state index contributed by atoms with van der Waals surface area (Å²) in [6.07, 6.45) is -0.0689. The van der Waals surface area contributed by atoms with Crippen LogP contribution in [0.2, 0.25) is 0 Å². The number of fused-ring (bicyclic) bond motifs is 2. The van der Waals surface area contributed by atoms with Crippen LogP contribution in [0, 0.1) is 0 Å². The van der Waals surface area contributed by atoms with Crippen molar-refractivity contribution in [2.24, 2.45) is 0 Å². The van der Waals surface area contributed by atoms with E-state index >= 15 is 0 Å². The minimum Gasteiger partial charge on any atom is -0.454 e. The third kappa shape index (κ3) is 2.69. The fourth-order valence-corrected chi connectivity index (χ4v) is 3.31. The molecular formula is C19H15N3O6. The van der Waals surface area contributed by atoms with Crippen molar-refractivity contribution >= 4 is 5.91 Å². The van der Waals surface area contributed by atoms with E-state index in [1.54, 1.807) is 17.6 Å². The number of H-pyrrole nitrogens is 1. The Morgan fingerprint density at radius 1 is 0.964 bits per heavy atom. The number of carbonyl (C=O) groups is 1. The molecule has 28 heavy (non-hydrogen) atoms. The van der Waals surface area contributed by atoms with E-state index in [-0.39, 0.29) is 20.0 Å². The quantitative estimate of drug-likeness (QED) is 0.469. The van der Waals surface area contributed by atoms with Gasteiger partial charge in [0.15, 0.2) is 23.0 Å². The van der Waals surface area contributed by atoms with E-state index in [0.717, 1.165) is 11.1 Å². The first-order chi connectivity index (χ1) is 13.7. The molecule has 142 valence electrons. The Morgan fingerprint density at radius 2 is 1.57 bits per heavy atom. The van der Waals surface area contributed by atoms with Crippen LogP contribution in [0.25, 0.3) is 22.5 Å². The lowest BCUT2D eigenvalue weighted by Gasteiger charge is -2.07. The Labute approximate surface area is 158 Å². The van der Waals surface area contributed by atoms with E-state index in [1.807, 2.05) is 24.3 Å². The lowest BCUT2D eigenvalue weighted by atomic mass is 9.99. The van der Waals surface area contributed by atoms with Crippen molar-refractivity contribution < 1.29 is 28.9 Å². The molecule has 3 heterocycles. The van der Waals surface area contributed by atoms with Crippen LogP contribution in [0.15, 0.2) is 36.4 Å². The van der Waals surface area contributed by atoms with Crippen LogP contribution in [-0.4, -0.2) is 34.9 Å². The molecule has 0 unspecified atom stereocenters. The predicted octanol–water partition coefficient (Wildman–Crippen LogP) is 2.25. The SMILES string of the molecule is O=C(Cc1c(-c2ccc3c(c2)OCO3)n[nH]c1-c1ccc2c(c1)OCO2)NO. The minimum atomic E-state index is -0.551. The van der Waals surface area contributed by atoms with Gasteiger partial charge in [-0.25, -0.2) is 5.48 Å². The van der Waals surface area contributed by atoms with E-state index in [0.29, 0.717) is 39.9 Å². The average molecular weight is 381 g/mol. The molecule has 0 atom stereocenters. The number of aromatic nitrogens is 2. The summed E-state index contributed by atoms with van der Waals surface area (Å²) in [5, 5.41) is 16.4. The van der Waals surface area contributed by atoms with E-state index in [1.165, 1.54) is 0 Å². The highest BCUT2D eigenvalue weighted by molar-refractivity contribution is 5.85. The van der Waals surface area contributed by atoms with Crippen LogP contribution in [0.3, 0.4) is 0 Å². The Morgan fingerprint density at radius 3 is 2.25 bits per heavy atom. The molecule has 9 heteroatoms. The molecule has 2 aliphatic rings. The maximum absolute atomic E-state index is 11.9. The normalized spacial score (nSPS) is 13.6. The van der Waals surface area contributed by atoms with Gasteiger partial charge in [-0.05, 0) is 36.4 Å². The number of benzene rings is 2. The summed E-state index contributed by atoms with van der Waals surface area (Å²) in [7, 11) is 0. The van der Waals surface area contributed by atoms with Crippen LogP contribution in [0.4, 0.5) is 0 Å².